The van der Waals surface area contributed by atoms with Crippen LogP contribution in [0.15, 0.2) is 79.3 Å². The Bertz CT molecular complexity index is 1130. The van der Waals surface area contributed by atoms with Gasteiger partial charge in [-0.05, 0) is 48.5 Å². The fourth-order valence-electron chi connectivity index (χ4n) is 3.77. The number of rotatable bonds is 5. The number of amides is 1. The van der Waals surface area contributed by atoms with Crippen molar-refractivity contribution in [3.63, 3.8) is 0 Å². The fourth-order valence-corrected chi connectivity index (χ4v) is 3.77. The molecule has 3 aromatic heterocycles. The first-order valence-corrected chi connectivity index (χ1v) is 10.4. The molecule has 0 spiro atoms. The van der Waals surface area contributed by atoms with Crippen molar-refractivity contribution < 1.29 is 9.53 Å². The van der Waals surface area contributed by atoms with Crippen molar-refractivity contribution in [1.29, 1.82) is 0 Å². The molecule has 156 valence electrons. The Balaban J connectivity index is 1.16. The van der Waals surface area contributed by atoms with Gasteiger partial charge in [0.2, 0.25) is 0 Å². The largest absolute Gasteiger partial charge is 0.487 e. The van der Waals surface area contributed by atoms with E-state index in [0.29, 0.717) is 31.0 Å². The third-order valence-electron chi connectivity index (χ3n) is 5.44. The highest BCUT2D eigenvalue weighted by molar-refractivity contribution is 5.94. The second-order valence-corrected chi connectivity index (χ2v) is 7.48. The molecule has 0 unspecified atom stereocenters. The monoisotopic (exact) mass is 413 g/mol. The van der Waals surface area contributed by atoms with Gasteiger partial charge in [0.05, 0.1) is 5.69 Å². The van der Waals surface area contributed by atoms with Gasteiger partial charge >= 0.3 is 0 Å². The summed E-state index contributed by atoms with van der Waals surface area (Å²) < 4.78 is 7.82. The Morgan fingerprint density at radius 1 is 0.935 bits per heavy atom. The maximum Gasteiger partial charge on any atom is 0.253 e. The molecule has 4 heterocycles. The second-order valence-electron chi connectivity index (χ2n) is 7.48. The lowest BCUT2D eigenvalue weighted by Crippen LogP contribution is -2.49. The number of imidazole rings is 1. The minimum atomic E-state index is 0.0487. The van der Waals surface area contributed by atoms with E-state index in [0.717, 1.165) is 30.2 Å². The highest BCUT2D eigenvalue weighted by atomic mass is 16.5. The van der Waals surface area contributed by atoms with Crippen LogP contribution in [0.2, 0.25) is 0 Å². The molecule has 0 radical (unpaired) electrons. The molecule has 0 saturated carbocycles. The van der Waals surface area contributed by atoms with Crippen LogP contribution in [0.25, 0.3) is 5.65 Å². The Labute approximate surface area is 180 Å². The second kappa shape index (κ2) is 8.47. The fraction of sp³-hybridized carbons (Fsp3) is 0.208. The van der Waals surface area contributed by atoms with Crippen molar-refractivity contribution in [2.24, 2.45) is 0 Å². The summed E-state index contributed by atoms with van der Waals surface area (Å²) in [7, 11) is 0. The number of hydrogen-bond donors (Lipinski definition) is 0. The van der Waals surface area contributed by atoms with E-state index in [-0.39, 0.29) is 5.91 Å². The van der Waals surface area contributed by atoms with E-state index in [9.17, 15) is 4.79 Å². The smallest absolute Gasteiger partial charge is 0.253 e. The number of carbonyl (C=O) groups excluding carboxylic acids is 1. The third-order valence-corrected chi connectivity index (χ3v) is 5.44. The molecule has 1 aliphatic heterocycles. The van der Waals surface area contributed by atoms with Gasteiger partial charge in [0, 0.05) is 50.3 Å². The molecule has 1 aliphatic rings. The highest BCUT2D eigenvalue weighted by Crippen LogP contribution is 2.18. The van der Waals surface area contributed by atoms with Crippen molar-refractivity contribution in [1.82, 2.24) is 19.3 Å². The van der Waals surface area contributed by atoms with Crippen LogP contribution in [0.4, 0.5) is 5.82 Å². The van der Waals surface area contributed by atoms with E-state index in [4.69, 9.17) is 4.74 Å². The molecule has 0 N–H and O–H groups in total. The number of ether oxygens (including phenoxy) is 1. The maximum atomic E-state index is 12.9. The number of pyridine rings is 2. The molecule has 1 saturated heterocycles. The quantitative estimate of drug-likeness (QED) is 0.503. The molecule has 5 rings (SSSR count). The topological polar surface area (TPSA) is 63.0 Å². The highest BCUT2D eigenvalue weighted by Gasteiger charge is 2.22. The van der Waals surface area contributed by atoms with Gasteiger partial charge in [0.15, 0.2) is 0 Å². The minimum absolute atomic E-state index is 0.0487. The third kappa shape index (κ3) is 4.21. The Hall–Kier alpha value is -3.87. The Morgan fingerprint density at radius 2 is 1.74 bits per heavy atom. The van der Waals surface area contributed by atoms with Gasteiger partial charge in [-0.25, -0.2) is 9.97 Å². The molecule has 1 fully saturated rings. The summed E-state index contributed by atoms with van der Waals surface area (Å²) in [5.41, 5.74) is 2.42. The average molecular weight is 413 g/mol. The van der Waals surface area contributed by atoms with Crippen LogP contribution in [-0.4, -0.2) is 51.4 Å². The van der Waals surface area contributed by atoms with E-state index in [1.165, 1.54) is 0 Å². The van der Waals surface area contributed by atoms with Gasteiger partial charge in [-0.3, -0.25) is 4.79 Å². The van der Waals surface area contributed by atoms with Crippen LogP contribution >= 0.6 is 0 Å². The number of aromatic nitrogens is 3. The van der Waals surface area contributed by atoms with Crippen LogP contribution in [0.5, 0.6) is 5.75 Å². The molecule has 4 aromatic rings. The van der Waals surface area contributed by atoms with Gasteiger partial charge in [-0.1, -0.05) is 12.1 Å². The van der Waals surface area contributed by atoms with E-state index in [1.807, 2.05) is 82.4 Å². The number of piperazine rings is 1. The summed E-state index contributed by atoms with van der Waals surface area (Å²) in [6.07, 6.45) is 5.71. The lowest BCUT2D eigenvalue weighted by molar-refractivity contribution is 0.0746. The van der Waals surface area contributed by atoms with Crippen molar-refractivity contribution in [2.45, 2.75) is 6.61 Å². The van der Waals surface area contributed by atoms with E-state index in [2.05, 4.69) is 14.9 Å². The van der Waals surface area contributed by atoms with Gasteiger partial charge in [0.1, 0.15) is 23.8 Å². The van der Waals surface area contributed by atoms with Crippen LogP contribution in [0, 0.1) is 0 Å². The predicted molar refractivity (Wildman–Crippen MR) is 118 cm³/mol. The maximum absolute atomic E-state index is 12.9. The number of anilines is 1. The Kier molecular flexibility index (Phi) is 5.22. The molecule has 0 bridgehead atoms. The molecular weight excluding hydrogens is 390 g/mol. The van der Waals surface area contributed by atoms with Gasteiger partial charge < -0.3 is 18.9 Å². The average Bonchev–Trinajstić information content (AvgIpc) is 3.26. The molecule has 31 heavy (non-hydrogen) atoms. The first-order chi connectivity index (χ1) is 15.3. The number of nitrogens with zero attached hydrogens (tertiary/aromatic N) is 5. The minimum Gasteiger partial charge on any atom is -0.487 e. The van der Waals surface area contributed by atoms with Crippen LogP contribution in [-0.2, 0) is 6.61 Å². The van der Waals surface area contributed by atoms with Crippen molar-refractivity contribution >= 4 is 17.4 Å². The summed E-state index contributed by atoms with van der Waals surface area (Å²) in [5, 5.41) is 0. The number of hydrogen-bond acceptors (Lipinski definition) is 5. The Morgan fingerprint density at radius 3 is 2.48 bits per heavy atom. The molecule has 7 heteroatoms. The number of benzene rings is 1. The summed E-state index contributed by atoms with van der Waals surface area (Å²) >= 11 is 0. The van der Waals surface area contributed by atoms with E-state index in [1.54, 1.807) is 6.20 Å². The predicted octanol–water partition coefficient (Wildman–Crippen LogP) is 3.27. The zero-order chi connectivity index (χ0) is 21.0. The molecule has 0 atom stereocenters. The van der Waals surface area contributed by atoms with Crippen LogP contribution < -0.4 is 9.64 Å². The summed E-state index contributed by atoms with van der Waals surface area (Å²) in [6, 6.07) is 19.1. The lowest BCUT2D eigenvalue weighted by Gasteiger charge is -2.35. The first-order valence-electron chi connectivity index (χ1n) is 10.4. The SMILES string of the molecule is O=C(c1ccc(OCc2cn3ccccc3n2)cc1)N1CCN(c2ccccn2)CC1. The summed E-state index contributed by atoms with van der Waals surface area (Å²) in [5.74, 6) is 1.72. The number of carbonyl (C=O) groups is 1. The van der Waals surface area contributed by atoms with Gasteiger partial charge in [-0.15, -0.1) is 0 Å². The molecular formula is C24H23N5O2. The van der Waals surface area contributed by atoms with Crippen LogP contribution in [0.3, 0.4) is 0 Å². The molecule has 0 aliphatic carbocycles. The van der Waals surface area contributed by atoms with Gasteiger partial charge in [-0.2, -0.15) is 0 Å². The van der Waals surface area contributed by atoms with E-state index < -0.39 is 0 Å². The standard InChI is InChI=1S/C24H23N5O2/c30-24(28-15-13-27(14-16-28)22-5-1-3-11-25-22)19-7-9-21(10-8-19)31-18-20-17-29-12-4-2-6-23(29)26-20/h1-12,17H,13-16,18H2. The normalized spacial score (nSPS) is 14.1. The zero-order valence-corrected chi connectivity index (χ0v) is 17.1. The zero-order valence-electron chi connectivity index (χ0n) is 17.1. The molecule has 7 nitrogen and oxygen atoms in total. The number of fused-ring (bicyclic) bond motifs is 1. The van der Waals surface area contributed by atoms with Crippen molar-refractivity contribution in [3.8, 4) is 5.75 Å². The summed E-state index contributed by atoms with van der Waals surface area (Å²) in [4.78, 5) is 25.9. The molecule has 1 aromatic carbocycles. The van der Waals surface area contributed by atoms with Crippen LogP contribution in [0.1, 0.15) is 16.1 Å². The summed E-state index contributed by atoms with van der Waals surface area (Å²) in [6.45, 7) is 3.31. The van der Waals surface area contributed by atoms with Crippen molar-refractivity contribution in [2.75, 3.05) is 31.1 Å². The lowest BCUT2D eigenvalue weighted by atomic mass is 10.1. The van der Waals surface area contributed by atoms with E-state index >= 15 is 0 Å². The van der Waals surface area contributed by atoms with Gasteiger partial charge in [0.25, 0.3) is 5.91 Å². The molecule has 1 amide bonds. The van der Waals surface area contributed by atoms with Crippen molar-refractivity contribution in [3.05, 3.63) is 90.5 Å². The first kappa shape index (κ1) is 19.1.